The highest BCUT2D eigenvalue weighted by Crippen LogP contribution is 2.54. The number of carbonyl (C=O) groups is 4. The zero-order valence-corrected chi connectivity index (χ0v) is 33.6. The van der Waals surface area contributed by atoms with Crippen molar-refractivity contribution in [2.75, 3.05) is 27.3 Å². The van der Waals surface area contributed by atoms with Crippen molar-refractivity contribution < 1.29 is 28.7 Å². The number of amides is 4. The molecule has 4 amide bonds. The second-order valence-corrected chi connectivity index (χ2v) is 15.5. The minimum Gasteiger partial charge on any atom is -0.453 e. The molecule has 2 bridgehead atoms. The number of imidazole rings is 2. The van der Waals surface area contributed by atoms with Gasteiger partial charge in [0.05, 0.1) is 43.7 Å². The minimum atomic E-state index is -0.903. The lowest BCUT2D eigenvalue weighted by atomic mass is 9.83. The average molecular weight is 797 g/mol. The van der Waals surface area contributed by atoms with Gasteiger partial charge in [0.1, 0.15) is 29.8 Å². The largest absolute Gasteiger partial charge is 0.453 e. The van der Waals surface area contributed by atoms with E-state index in [1.54, 1.807) is 11.1 Å². The van der Waals surface area contributed by atoms with Gasteiger partial charge in [-0.25, -0.2) is 19.6 Å². The van der Waals surface area contributed by atoms with E-state index in [1.165, 1.54) is 14.2 Å². The Morgan fingerprint density at radius 1 is 0.915 bits per heavy atom. The molecular formula is C45H48N8O6. The molecule has 8 rings (SSSR count). The van der Waals surface area contributed by atoms with E-state index in [-0.39, 0.29) is 36.9 Å². The van der Waals surface area contributed by atoms with Crippen LogP contribution in [0.4, 0.5) is 9.59 Å². The molecule has 4 aromatic carbocycles. The molecule has 1 aliphatic heterocycles. The molecule has 2 fully saturated rings. The number of methoxy groups -OCH3 is 2. The lowest BCUT2D eigenvalue weighted by molar-refractivity contribution is -0.143. The van der Waals surface area contributed by atoms with Crippen LogP contribution in [0.1, 0.15) is 62.8 Å². The van der Waals surface area contributed by atoms with Crippen LogP contribution in [0.5, 0.6) is 0 Å². The maximum absolute atomic E-state index is 14.6. The number of hydrogen-bond acceptors (Lipinski definition) is 8. The van der Waals surface area contributed by atoms with Gasteiger partial charge in [0, 0.05) is 18.0 Å². The highest BCUT2D eigenvalue weighted by molar-refractivity contribution is 6.05. The number of hydrogen-bond donors (Lipinski definition) is 4. The van der Waals surface area contributed by atoms with Gasteiger partial charge in [0.15, 0.2) is 0 Å². The topological polar surface area (TPSA) is 175 Å². The number of fused-ring (bicyclic) bond motifs is 5. The summed E-state index contributed by atoms with van der Waals surface area (Å²) in [5.74, 6) is 1.20. The Morgan fingerprint density at radius 3 is 2.41 bits per heavy atom. The molecule has 4 atom stereocenters. The van der Waals surface area contributed by atoms with Gasteiger partial charge in [-0.1, -0.05) is 79.7 Å². The number of ether oxygens (including phenoxy) is 2. The second kappa shape index (κ2) is 16.3. The summed E-state index contributed by atoms with van der Waals surface area (Å²) in [6.45, 7) is 4.76. The molecule has 6 aromatic rings. The van der Waals surface area contributed by atoms with Crippen LogP contribution in [-0.4, -0.2) is 87.1 Å². The van der Waals surface area contributed by atoms with Crippen molar-refractivity contribution >= 4 is 45.8 Å². The Kier molecular flexibility index (Phi) is 10.8. The van der Waals surface area contributed by atoms with Crippen molar-refractivity contribution in [1.29, 1.82) is 0 Å². The summed E-state index contributed by atoms with van der Waals surface area (Å²) in [6.07, 6.45) is 3.98. The summed E-state index contributed by atoms with van der Waals surface area (Å²) in [5.41, 5.74) is 5.62. The Bertz CT molecular complexity index is 2520. The van der Waals surface area contributed by atoms with Gasteiger partial charge < -0.3 is 39.9 Å². The minimum absolute atomic E-state index is 0.0346. The van der Waals surface area contributed by atoms with Gasteiger partial charge in [-0.3, -0.25) is 9.59 Å². The Balaban J connectivity index is 1.02. The molecule has 0 radical (unpaired) electrons. The van der Waals surface area contributed by atoms with E-state index in [0.717, 1.165) is 75.7 Å². The van der Waals surface area contributed by atoms with Crippen LogP contribution in [0.25, 0.3) is 44.2 Å². The van der Waals surface area contributed by atoms with Crippen molar-refractivity contribution in [3.63, 3.8) is 0 Å². The van der Waals surface area contributed by atoms with E-state index in [0.29, 0.717) is 17.9 Å². The molecule has 1 aliphatic carbocycles. The molecule has 14 nitrogen and oxygen atoms in total. The van der Waals surface area contributed by atoms with E-state index in [9.17, 15) is 19.2 Å². The number of carbonyl (C=O) groups excluding carboxylic acids is 4. The normalized spacial score (nSPS) is 18.8. The number of benzene rings is 4. The molecule has 1 saturated carbocycles. The zero-order valence-electron chi connectivity index (χ0n) is 33.6. The monoisotopic (exact) mass is 796 g/mol. The highest BCUT2D eigenvalue weighted by Gasteiger charge is 2.59. The van der Waals surface area contributed by atoms with E-state index in [4.69, 9.17) is 9.72 Å². The number of likely N-dealkylation sites (tertiary alicyclic amines) is 1. The number of rotatable bonds is 12. The number of alkyl carbamates (subject to hydrolysis) is 2. The van der Waals surface area contributed by atoms with Crippen LogP contribution in [-0.2, 0) is 31.1 Å². The SMILES string of the molecule is CCCN(Cc1ncc(-c2ccc(-c3ccc4c(ccc5[nH]c([C@]6(C)[C@H]7CC[C@H](C7)N6C(=O)[C@H](NC(=O)OC)c6ccccc6)nc54)c3)cc2)[nH]1)C(=O)CNC(=O)OC. The van der Waals surface area contributed by atoms with E-state index < -0.39 is 23.8 Å². The first-order valence-corrected chi connectivity index (χ1v) is 20.0. The maximum Gasteiger partial charge on any atom is 0.407 e. The van der Waals surface area contributed by atoms with E-state index >= 15 is 0 Å². The van der Waals surface area contributed by atoms with Gasteiger partial charge >= 0.3 is 12.2 Å². The molecule has 2 aliphatic rings. The third-order valence-electron chi connectivity index (χ3n) is 12.0. The highest BCUT2D eigenvalue weighted by atomic mass is 16.5. The van der Waals surface area contributed by atoms with Crippen molar-refractivity contribution in [3.05, 3.63) is 108 Å². The number of aromatic nitrogens is 4. The van der Waals surface area contributed by atoms with E-state index in [1.807, 2.05) is 54.3 Å². The summed E-state index contributed by atoms with van der Waals surface area (Å²) in [4.78, 5) is 71.7. The standard InChI is InChI=1S/C45H48N8O6/c1-5-21-52(38(54)25-47-43(56)58-3)26-37-46-24-36(48-37)28-13-11-27(12-14-28)30-15-19-34-31(22-30)16-20-35-40(34)50-42(49-35)45(2)32-17-18-33(23-32)53(45)41(55)39(51-44(57)59-4)29-9-7-6-8-10-29/h6-16,19-20,22,24,32-33,39H,5,17-18,21,23,25-26H2,1-4H3,(H,46,48)(H,47,56)(H,49,50)(H,51,57)/t32-,33+,39+,45-/m0/s1. The molecular weight excluding hydrogens is 749 g/mol. The van der Waals surface area contributed by atoms with Gasteiger partial charge in [-0.2, -0.15) is 0 Å². The Morgan fingerprint density at radius 2 is 1.66 bits per heavy atom. The van der Waals surface area contributed by atoms with Crippen molar-refractivity contribution in [2.24, 2.45) is 5.92 Å². The van der Waals surface area contributed by atoms with Crippen LogP contribution in [0, 0.1) is 5.92 Å². The third-order valence-corrected chi connectivity index (χ3v) is 12.0. The number of aromatic amines is 2. The molecule has 0 spiro atoms. The van der Waals surface area contributed by atoms with Gasteiger partial charge in [0.2, 0.25) is 5.91 Å². The lowest BCUT2D eigenvalue weighted by Crippen LogP contribution is -2.55. The summed E-state index contributed by atoms with van der Waals surface area (Å²) >= 11 is 0. The van der Waals surface area contributed by atoms with E-state index in [2.05, 4.69) is 79.7 Å². The first kappa shape index (κ1) is 39.1. The lowest BCUT2D eigenvalue weighted by Gasteiger charge is -2.44. The molecule has 14 heteroatoms. The Labute approximate surface area is 341 Å². The number of nitrogens with one attached hydrogen (secondary N) is 4. The first-order valence-electron chi connectivity index (χ1n) is 20.0. The average Bonchev–Trinajstić information content (AvgIpc) is 4.09. The van der Waals surface area contributed by atoms with Crippen LogP contribution in [0.15, 0.2) is 91.1 Å². The van der Waals surface area contributed by atoms with Crippen molar-refractivity contribution in [1.82, 2.24) is 40.4 Å². The fraction of sp³-hybridized carbons (Fsp3) is 0.333. The molecule has 1 saturated heterocycles. The maximum atomic E-state index is 14.6. The number of nitrogens with zero attached hydrogens (tertiary/aromatic N) is 4. The zero-order chi connectivity index (χ0) is 41.3. The smallest absolute Gasteiger partial charge is 0.407 e. The van der Waals surface area contributed by atoms with Gasteiger partial charge in [-0.05, 0) is 78.3 Å². The summed E-state index contributed by atoms with van der Waals surface area (Å²) < 4.78 is 9.51. The quantitative estimate of drug-likeness (QED) is 0.101. The van der Waals surface area contributed by atoms with Crippen LogP contribution in [0.2, 0.25) is 0 Å². The fourth-order valence-electron chi connectivity index (χ4n) is 8.97. The molecule has 0 unspecified atom stereocenters. The molecule has 2 aromatic heterocycles. The predicted molar refractivity (Wildman–Crippen MR) is 223 cm³/mol. The first-order chi connectivity index (χ1) is 28.6. The fourth-order valence-corrected chi connectivity index (χ4v) is 8.97. The predicted octanol–water partition coefficient (Wildman–Crippen LogP) is 7.19. The summed E-state index contributed by atoms with van der Waals surface area (Å²) in [5, 5.41) is 7.29. The van der Waals surface area contributed by atoms with Crippen LogP contribution >= 0.6 is 0 Å². The van der Waals surface area contributed by atoms with Gasteiger partial charge in [0.25, 0.3) is 5.91 Å². The third kappa shape index (κ3) is 7.46. The molecule has 59 heavy (non-hydrogen) atoms. The second-order valence-electron chi connectivity index (χ2n) is 15.5. The molecule has 304 valence electrons. The number of piperidine rings is 1. The Hall–Kier alpha value is -6.70. The van der Waals surface area contributed by atoms with Gasteiger partial charge in [-0.15, -0.1) is 0 Å². The van der Waals surface area contributed by atoms with Crippen molar-refractivity contribution in [3.8, 4) is 22.4 Å². The van der Waals surface area contributed by atoms with Crippen LogP contribution in [0.3, 0.4) is 0 Å². The van der Waals surface area contributed by atoms with Crippen LogP contribution < -0.4 is 10.6 Å². The number of H-pyrrole nitrogens is 2. The summed E-state index contributed by atoms with van der Waals surface area (Å²) in [7, 11) is 2.56. The molecule has 3 heterocycles. The molecule has 4 N–H and O–H groups in total. The van der Waals surface area contributed by atoms with Crippen molar-refractivity contribution in [2.45, 2.75) is 63.7 Å². The summed E-state index contributed by atoms with van der Waals surface area (Å²) in [6, 6.07) is 27.2.